The number of rotatable bonds is 3. The molecule has 0 unspecified atom stereocenters. The number of aromatic hydroxyl groups is 1. The summed E-state index contributed by atoms with van der Waals surface area (Å²) in [5.41, 5.74) is 11.6. The highest BCUT2D eigenvalue weighted by molar-refractivity contribution is 5.92. The second-order valence-electron chi connectivity index (χ2n) is 6.10. The van der Waals surface area contributed by atoms with Gasteiger partial charge in [-0.3, -0.25) is 0 Å². The number of nitrogens with two attached hydrogens (primary N) is 1. The molecule has 1 aliphatic rings. The normalized spacial score (nSPS) is 14.4. The molecule has 4 heteroatoms. The fourth-order valence-corrected chi connectivity index (χ4v) is 3.06. The van der Waals surface area contributed by atoms with E-state index in [-0.39, 0.29) is 0 Å². The number of nitrogens with zero attached hydrogens (tertiary/aromatic N) is 1. The zero-order chi connectivity index (χ0) is 16.2. The highest BCUT2D eigenvalue weighted by Crippen LogP contribution is 2.31. The molecule has 4 N–H and O–H groups in total. The number of fused-ring (bicyclic) bond motifs is 1. The second-order valence-corrected chi connectivity index (χ2v) is 6.10. The lowest BCUT2D eigenvalue weighted by molar-refractivity contribution is 0.465. The molecular weight excluding hydrogens is 286 g/mol. The summed E-state index contributed by atoms with van der Waals surface area (Å²) in [7, 11) is 0. The number of benzene rings is 2. The van der Waals surface area contributed by atoms with Crippen molar-refractivity contribution in [3.8, 4) is 5.75 Å². The first-order valence-corrected chi connectivity index (χ1v) is 8.09. The van der Waals surface area contributed by atoms with Crippen LogP contribution in [0.25, 0.3) is 0 Å². The Balaban J connectivity index is 1.75. The topological polar surface area (TPSA) is 70.6 Å². The van der Waals surface area contributed by atoms with E-state index in [4.69, 9.17) is 5.73 Å². The molecule has 4 nitrogen and oxygen atoms in total. The first-order valence-electron chi connectivity index (χ1n) is 8.09. The van der Waals surface area contributed by atoms with Gasteiger partial charge in [0.2, 0.25) is 0 Å². The van der Waals surface area contributed by atoms with Crippen molar-refractivity contribution in [3.05, 3.63) is 58.7 Å². The van der Waals surface area contributed by atoms with Crippen LogP contribution >= 0.6 is 0 Å². The number of anilines is 1. The molecule has 0 bridgehead atoms. The molecule has 0 aromatic heterocycles. The van der Waals surface area contributed by atoms with E-state index in [1.165, 1.54) is 29.5 Å². The fourth-order valence-electron chi connectivity index (χ4n) is 3.06. The van der Waals surface area contributed by atoms with E-state index in [0.29, 0.717) is 18.3 Å². The number of hydrogen-bond acceptors (Lipinski definition) is 2. The van der Waals surface area contributed by atoms with Crippen LogP contribution < -0.4 is 11.1 Å². The number of aryl methyl sites for hydroxylation is 2. The molecule has 0 amide bonds. The van der Waals surface area contributed by atoms with Crippen molar-refractivity contribution in [2.75, 3.05) is 5.32 Å². The van der Waals surface area contributed by atoms with Gasteiger partial charge in [0.15, 0.2) is 5.96 Å². The van der Waals surface area contributed by atoms with Gasteiger partial charge in [0.05, 0.1) is 6.54 Å². The SMILES string of the molecule is Cc1ccc(NC(N)=NCc2c(O)ccc3c2CCCC3)cc1. The summed E-state index contributed by atoms with van der Waals surface area (Å²) in [6.45, 7) is 2.45. The summed E-state index contributed by atoms with van der Waals surface area (Å²) in [4.78, 5) is 4.40. The number of nitrogens with one attached hydrogen (secondary N) is 1. The van der Waals surface area contributed by atoms with Crippen molar-refractivity contribution in [1.82, 2.24) is 0 Å². The van der Waals surface area contributed by atoms with Crippen molar-refractivity contribution in [2.45, 2.75) is 39.2 Å². The van der Waals surface area contributed by atoms with E-state index in [1.54, 1.807) is 6.07 Å². The molecule has 2 aromatic rings. The van der Waals surface area contributed by atoms with Crippen LogP contribution in [0.3, 0.4) is 0 Å². The molecule has 23 heavy (non-hydrogen) atoms. The smallest absolute Gasteiger partial charge is 0.193 e. The van der Waals surface area contributed by atoms with Gasteiger partial charge in [-0.05, 0) is 61.9 Å². The molecular formula is C19H23N3O. The standard InChI is InChI=1S/C19H23N3O/c1-13-6-9-15(10-7-13)22-19(20)21-12-17-16-5-3-2-4-14(16)8-11-18(17)23/h6-11,23H,2-5,12H2,1H3,(H3,20,21,22). The largest absolute Gasteiger partial charge is 0.508 e. The van der Waals surface area contributed by atoms with Crippen molar-refractivity contribution in [1.29, 1.82) is 0 Å². The van der Waals surface area contributed by atoms with Crippen molar-refractivity contribution in [2.24, 2.45) is 10.7 Å². The fraction of sp³-hybridized carbons (Fsp3) is 0.316. The highest BCUT2D eigenvalue weighted by Gasteiger charge is 2.16. The number of guanidine groups is 1. The lowest BCUT2D eigenvalue weighted by Gasteiger charge is -2.19. The number of aliphatic imine (C=N–C) groups is 1. The summed E-state index contributed by atoms with van der Waals surface area (Å²) in [5, 5.41) is 13.3. The Labute approximate surface area is 137 Å². The Morgan fingerprint density at radius 3 is 2.65 bits per heavy atom. The van der Waals surface area contributed by atoms with Gasteiger partial charge in [-0.2, -0.15) is 0 Å². The second kappa shape index (κ2) is 6.73. The Morgan fingerprint density at radius 1 is 1.13 bits per heavy atom. The van der Waals surface area contributed by atoms with E-state index in [1.807, 2.05) is 37.3 Å². The van der Waals surface area contributed by atoms with Gasteiger partial charge in [-0.15, -0.1) is 0 Å². The van der Waals surface area contributed by atoms with Gasteiger partial charge >= 0.3 is 0 Å². The van der Waals surface area contributed by atoms with Gasteiger partial charge in [0.1, 0.15) is 5.75 Å². The van der Waals surface area contributed by atoms with E-state index >= 15 is 0 Å². The van der Waals surface area contributed by atoms with Crippen LogP contribution in [0.15, 0.2) is 41.4 Å². The molecule has 0 atom stereocenters. The third-order valence-corrected chi connectivity index (χ3v) is 4.36. The number of hydrogen-bond donors (Lipinski definition) is 3. The van der Waals surface area contributed by atoms with Crippen LogP contribution in [0.2, 0.25) is 0 Å². The molecule has 0 radical (unpaired) electrons. The molecule has 0 spiro atoms. The summed E-state index contributed by atoms with van der Waals surface area (Å²) < 4.78 is 0. The van der Waals surface area contributed by atoms with Crippen LogP contribution in [-0.4, -0.2) is 11.1 Å². The predicted molar refractivity (Wildman–Crippen MR) is 94.9 cm³/mol. The summed E-state index contributed by atoms with van der Waals surface area (Å²) in [5.74, 6) is 0.680. The monoisotopic (exact) mass is 309 g/mol. The molecule has 0 saturated heterocycles. The summed E-state index contributed by atoms with van der Waals surface area (Å²) >= 11 is 0. The van der Waals surface area contributed by atoms with Gasteiger partial charge < -0.3 is 16.2 Å². The van der Waals surface area contributed by atoms with Crippen LogP contribution in [0.5, 0.6) is 5.75 Å². The molecule has 120 valence electrons. The predicted octanol–water partition coefficient (Wildman–Crippen LogP) is 3.51. The van der Waals surface area contributed by atoms with Gasteiger partial charge in [-0.25, -0.2) is 4.99 Å². The Bertz CT molecular complexity index is 720. The maximum atomic E-state index is 10.2. The van der Waals surface area contributed by atoms with Crippen LogP contribution in [0.1, 0.15) is 35.1 Å². The van der Waals surface area contributed by atoms with E-state index in [2.05, 4.69) is 10.3 Å². The Kier molecular flexibility index (Phi) is 4.51. The van der Waals surface area contributed by atoms with Gasteiger partial charge in [0.25, 0.3) is 0 Å². The van der Waals surface area contributed by atoms with Crippen LogP contribution in [0.4, 0.5) is 5.69 Å². The molecule has 1 aliphatic carbocycles. The van der Waals surface area contributed by atoms with Gasteiger partial charge in [0, 0.05) is 11.3 Å². The first kappa shape index (κ1) is 15.4. The third kappa shape index (κ3) is 3.65. The average Bonchev–Trinajstić information content (AvgIpc) is 2.56. The maximum Gasteiger partial charge on any atom is 0.193 e. The maximum absolute atomic E-state index is 10.2. The van der Waals surface area contributed by atoms with Gasteiger partial charge in [-0.1, -0.05) is 23.8 Å². The minimum absolute atomic E-state index is 0.317. The van der Waals surface area contributed by atoms with E-state index in [9.17, 15) is 5.11 Å². The first-order chi connectivity index (χ1) is 11.1. The molecule has 0 fully saturated rings. The minimum Gasteiger partial charge on any atom is -0.508 e. The lowest BCUT2D eigenvalue weighted by Crippen LogP contribution is -2.22. The van der Waals surface area contributed by atoms with Crippen LogP contribution in [-0.2, 0) is 19.4 Å². The van der Waals surface area contributed by atoms with Crippen molar-refractivity contribution in [3.63, 3.8) is 0 Å². The third-order valence-electron chi connectivity index (χ3n) is 4.36. The molecule has 0 heterocycles. The van der Waals surface area contributed by atoms with E-state index in [0.717, 1.165) is 24.1 Å². The zero-order valence-electron chi connectivity index (χ0n) is 13.5. The Morgan fingerprint density at radius 2 is 1.87 bits per heavy atom. The molecule has 3 rings (SSSR count). The lowest BCUT2D eigenvalue weighted by atomic mass is 9.88. The molecule has 2 aromatic carbocycles. The molecule has 0 aliphatic heterocycles. The Hall–Kier alpha value is -2.49. The van der Waals surface area contributed by atoms with Crippen molar-refractivity contribution >= 4 is 11.6 Å². The number of phenolic OH excluding ortho intramolecular Hbond substituents is 1. The van der Waals surface area contributed by atoms with Crippen LogP contribution in [0, 0.1) is 6.92 Å². The summed E-state index contributed by atoms with van der Waals surface area (Å²) in [6.07, 6.45) is 4.49. The average molecular weight is 309 g/mol. The highest BCUT2D eigenvalue weighted by atomic mass is 16.3. The quantitative estimate of drug-likeness (QED) is 0.600. The van der Waals surface area contributed by atoms with E-state index < -0.39 is 0 Å². The molecule has 0 saturated carbocycles. The zero-order valence-corrected chi connectivity index (χ0v) is 13.5. The summed E-state index contributed by atoms with van der Waals surface area (Å²) in [6, 6.07) is 11.8. The minimum atomic E-state index is 0.317. The number of phenols is 1. The van der Waals surface area contributed by atoms with Crippen molar-refractivity contribution < 1.29 is 5.11 Å².